The summed E-state index contributed by atoms with van der Waals surface area (Å²) in [5, 5.41) is 6.86. The van der Waals surface area contributed by atoms with Crippen LogP contribution in [0.5, 0.6) is 5.75 Å². The van der Waals surface area contributed by atoms with Gasteiger partial charge in [-0.1, -0.05) is 18.2 Å². The lowest BCUT2D eigenvalue weighted by atomic mass is 10.0. The van der Waals surface area contributed by atoms with E-state index in [0.717, 1.165) is 23.4 Å². The van der Waals surface area contributed by atoms with E-state index in [0.29, 0.717) is 11.7 Å². The number of hydrogen-bond acceptors (Lipinski definition) is 2. The molecule has 3 nitrogen and oxygen atoms in total. The molecule has 0 saturated carbocycles. The van der Waals surface area contributed by atoms with Crippen molar-refractivity contribution in [2.24, 2.45) is 0 Å². The minimum absolute atomic E-state index is 0.121. The van der Waals surface area contributed by atoms with E-state index in [1.54, 1.807) is 12.1 Å². The highest BCUT2D eigenvalue weighted by molar-refractivity contribution is 7.80. The third-order valence-corrected chi connectivity index (χ3v) is 3.59. The number of hydrogen-bond donors (Lipinski definition) is 2. The van der Waals surface area contributed by atoms with Crippen LogP contribution in [0.2, 0.25) is 0 Å². The van der Waals surface area contributed by atoms with Crippen molar-refractivity contribution in [3.8, 4) is 5.75 Å². The smallest absolute Gasteiger partial charge is 0.171 e. The van der Waals surface area contributed by atoms with Gasteiger partial charge in [-0.15, -0.1) is 0 Å². The molecule has 2 N–H and O–H groups in total. The van der Waals surface area contributed by atoms with E-state index in [-0.39, 0.29) is 11.9 Å². The van der Waals surface area contributed by atoms with Gasteiger partial charge in [-0.05, 0) is 42.5 Å². The van der Waals surface area contributed by atoms with Gasteiger partial charge < -0.3 is 15.4 Å². The molecule has 3 rings (SSSR count). The first-order valence-corrected chi connectivity index (χ1v) is 7.18. The molecule has 2 aromatic carbocycles. The van der Waals surface area contributed by atoms with Crippen LogP contribution in [0.25, 0.3) is 0 Å². The standard InChI is InChI=1S/C16H15FN2OS/c17-11-5-7-12(8-6-11)18-16(21)19-14-9-10-20-15-4-2-1-3-13(14)15/h1-8,14H,9-10H2,(H2,18,19,21)/t14-/m1/s1. The van der Waals surface area contributed by atoms with E-state index in [4.69, 9.17) is 17.0 Å². The van der Waals surface area contributed by atoms with E-state index in [2.05, 4.69) is 10.6 Å². The Morgan fingerprint density at radius 3 is 2.71 bits per heavy atom. The summed E-state index contributed by atoms with van der Waals surface area (Å²) in [5.74, 6) is 0.628. The first-order valence-electron chi connectivity index (χ1n) is 6.77. The number of nitrogens with one attached hydrogen (secondary N) is 2. The minimum Gasteiger partial charge on any atom is -0.493 e. The molecule has 1 heterocycles. The summed E-state index contributed by atoms with van der Waals surface area (Å²) in [6.45, 7) is 0.661. The van der Waals surface area contributed by atoms with Crippen molar-refractivity contribution in [3.05, 3.63) is 59.9 Å². The second kappa shape index (κ2) is 6.10. The van der Waals surface area contributed by atoms with Crippen LogP contribution >= 0.6 is 12.2 Å². The Balaban J connectivity index is 1.67. The van der Waals surface area contributed by atoms with Gasteiger partial charge in [-0.2, -0.15) is 0 Å². The summed E-state index contributed by atoms with van der Waals surface area (Å²) >= 11 is 5.32. The lowest BCUT2D eigenvalue weighted by Gasteiger charge is -2.27. The average Bonchev–Trinajstić information content (AvgIpc) is 2.50. The highest BCUT2D eigenvalue weighted by Crippen LogP contribution is 2.31. The van der Waals surface area contributed by atoms with Crippen LogP contribution in [0.3, 0.4) is 0 Å². The SMILES string of the molecule is Fc1ccc(NC(=S)N[C@@H]2CCOc3ccccc32)cc1. The van der Waals surface area contributed by atoms with Crippen LogP contribution in [0.1, 0.15) is 18.0 Å². The van der Waals surface area contributed by atoms with E-state index < -0.39 is 0 Å². The summed E-state index contributed by atoms with van der Waals surface area (Å²) in [7, 11) is 0. The van der Waals surface area contributed by atoms with Crippen molar-refractivity contribution in [2.45, 2.75) is 12.5 Å². The third-order valence-electron chi connectivity index (χ3n) is 3.37. The fourth-order valence-electron chi connectivity index (χ4n) is 2.35. The number of para-hydroxylation sites is 1. The van der Waals surface area contributed by atoms with Gasteiger partial charge in [0.25, 0.3) is 0 Å². The Morgan fingerprint density at radius 1 is 1.14 bits per heavy atom. The molecule has 1 atom stereocenters. The summed E-state index contributed by atoms with van der Waals surface area (Å²) in [6.07, 6.45) is 0.849. The minimum atomic E-state index is -0.266. The van der Waals surface area contributed by atoms with Gasteiger partial charge in [0.05, 0.1) is 12.6 Å². The Morgan fingerprint density at radius 2 is 1.90 bits per heavy atom. The number of anilines is 1. The predicted octanol–water partition coefficient (Wildman–Crippen LogP) is 3.64. The molecule has 0 unspecified atom stereocenters. The van der Waals surface area contributed by atoms with Gasteiger partial charge in [-0.3, -0.25) is 0 Å². The summed E-state index contributed by atoms with van der Waals surface area (Å²) in [6, 6.07) is 14.2. The number of rotatable bonds is 2. The van der Waals surface area contributed by atoms with Crippen LogP contribution in [-0.2, 0) is 0 Å². The zero-order chi connectivity index (χ0) is 14.7. The van der Waals surface area contributed by atoms with Crippen LogP contribution in [-0.4, -0.2) is 11.7 Å². The van der Waals surface area contributed by atoms with Gasteiger partial charge in [0.2, 0.25) is 0 Å². The fraction of sp³-hybridized carbons (Fsp3) is 0.188. The second-order valence-corrected chi connectivity index (χ2v) is 5.24. The molecular weight excluding hydrogens is 287 g/mol. The molecule has 0 aromatic heterocycles. The van der Waals surface area contributed by atoms with Gasteiger partial charge in [-0.25, -0.2) is 4.39 Å². The molecule has 1 aliphatic heterocycles. The van der Waals surface area contributed by atoms with Crippen molar-refractivity contribution >= 4 is 23.0 Å². The Bertz CT molecular complexity index is 645. The number of thiocarbonyl (C=S) groups is 1. The number of benzene rings is 2. The highest BCUT2D eigenvalue weighted by atomic mass is 32.1. The third kappa shape index (κ3) is 3.31. The van der Waals surface area contributed by atoms with E-state index in [1.165, 1.54) is 12.1 Å². The van der Waals surface area contributed by atoms with Gasteiger partial charge in [0.15, 0.2) is 5.11 Å². The maximum Gasteiger partial charge on any atom is 0.171 e. The first-order chi connectivity index (χ1) is 10.2. The quantitative estimate of drug-likeness (QED) is 0.830. The zero-order valence-electron chi connectivity index (χ0n) is 11.3. The Hall–Kier alpha value is -2.14. The summed E-state index contributed by atoms with van der Waals surface area (Å²) in [4.78, 5) is 0. The molecule has 5 heteroatoms. The van der Waals surface area contributed by atoms with Crippen molar-refractivity contribution in [2.75, 3.05) is 11.9 Å². The molecule has 0 spiro atoms. The van der Waals surface area contributed by atoms with Crippen molar-refractivity contribution in [3.63, 3.8) is 0 Å². The summed E-state index contributed by atoms with van der Waals surface area (Å²) < 4.78 is 18.5. The first kappa shape index (κ1) is 13.8. The average molecular weight is 302 g/mol. The zero-order valence-corrected chi connectivity index (χ0v) is 12.1. The molecule has 0 aliphatic carbocycles. The maximum absolute atomic E-state index is 12.9. The largest absolute Gasteiger partial charge is 0.493 e. The Labute approximate surface area is 128 Å². The molecule has 0 bridgehead atoms. The van der Waals surface area contributed by atoms with Crippen molar-refractivity contribution in [1.29, 1.82) is 0 Å². The fourth-order valence-corrected chi connectivity index (χ4v) is 2.61. The maximum atomic E-state index is 12.9. The van der Waals surface area contributed by atoms with E-state index >= 15 is 0 Å². The molecular formula is C16H15FN2OS. The monoisotopic (exact) mass is 302 g/mol. The topological polar surface area (TPSA) is 33.3 Å². The molecule has 0 fully saturated rings. The molecule has 2 aromatic rings. The number of halogens is 1. The van der Waals surface area contributed by atoms with Gasteiger partial charge in [0.1, 0.15) is 11.6 Å². The van der Waals surface area contributed by atoms with Crippen LogP contribution in [0.15, 0.2) is 48.5 Å². The summed E-state index contributed by atoms with van der Waals surface area (Å²) in [5.41, 5.74) is 1.86. The molecule has 0 radical (unpaired) electrons. The van der Waals surface area contributed by atoms with Crippen LogP contribution in [0, 0.1) is 5.82 Å². The Kier molecular flexibility index (Phi) is 4.01. The van der Waals surface area contributed by atoms with Gasteiger partial charge >= 0.3 is 0 Å². The van der Waals surface area contributed by atoms with Crippen LogP contribution in [0.4, 0.5) is 10.1 Å². The van der Waals surface area contributed by atoms with Gasteiger partial charge in [0, 0.05) is 17.7 Å². The molecule has 1 aliphatic rings. The highest BCUT2D eigenvalue weighted by Gasteiger charge is 2.21. The van der Waals surface area contributed by atoms with E-state index in [1.807, 2.05) is 24.3 Å². The molecule has 21 heavy (non-hydrogen) atoms. The van der Waals surface area contributed by atoms with E-state index in [9.17, 15) is 4.39 Å². The second-order valence-electron chi connectivity index (χ2n) is 4.83. The van der Waals surface area contributed by atoms with Crippen molar-refractivity contribution < 1.29 is 9.13 Å². The number of ether oxygens (including phenoxy) is 1. The lowest BCUT2D eigenvalue weighted by Crippen LogP contribution is -2.35. The molecule has 108 valence electrons. The normalized spacial score (nSPS) is 16.5. The van der Waals surface area contributed by atoms with Crippen molar-refractivity contribution in [1.82, 2.24) is 5.32 Å². The van der Waals surface area contributed by atoms with Crippen LogP contribution < -0.4 is 15.4 Å². The lowest BCUT2D eigenvalue weighted by molar-refractivity contribution is 0.262. The molecule has 0 saturated heterocycles. The molecule has 0 amide bonds. The number of fused-ring (bicyclic) bond motifs is 1. The predicted molar refractivity (Wildman–Crippen MR) is 85.1 cm³/mol.